The van der Waals surface area contributed by atoms with E-state index in [1.54, 1.807) is 0 Å². The SMILES string of the molecule is Cc1ccc(-c2ncc(CN3CCCN(c4ccccn4)CC3)cn2)cc1. The second-order valence-electron chi connectivity index (χ2n) is 7.09. The molecule has 1 aliphatic rings. The maximum atomic E-state index is 4.57. The van der Waals surface area contributed by atoms with Gasteiger partial charge in [-0.2, -0.15) is 0 Å². The minimum Gasteiger partial charge on any atom is -0.355 e. The number of aromatic nitrogens is 3. The summed E-state index contributed by atoms with van der Waals surface area (Å²) in [6.45, 7) is 7.14. The molecule has 4 rings (SSSR count). The molecule has 0 saturated carbocycles. The first-order chi connectivity index (χ1) is 13.3. The summed E-state index contributed by atoms with van der Waals surface area (Å²) in [4.78, 5) is 18.5. The van der Waals surface area contributed by atoms with Gasteiger partial charge in [0, 0.05) is 62.4 Å². The van der Waals surface area contributed by atoms with Crippen molar-refractivity contribution in [3.63, 3.8) is 0 Å². The zero-order valence-electron chi connectivity index (χ0n) is 15.8. The molecule has 1 aromatic carbocycles. The molecule has 3 aromatic rings. The van der Waals surface area contributed by atoms with Crippen molar-refractivity contribution >= 4 is 5.82 Å². The van der Waals surface area contributed by atoms with Gasteiger partial charge in [0.1, 0.15) is 5.82 Å². The molecule has 2 aromatic heterocycles. The first-order valence-corrected chi connectivity index (χ1v) is 9.54. The van der Waals surface area contributed by atoms with Gasteiger partial charge in [-0.25, -0.2) is 15.0 Å². The highest BCUT2D eigenvalue weighted by Gasteiger charge is 2.16. The van der Waals surface area contributed by atoms with E-state index in [-0.39, 0.29) is 0 Å². The monoisotopic (exact) mass is 359 g/mol. The molecule has 5 heteroatoms. The van der Waals surface area contributed by atoms with Gasteiger partial charge >= 0.3 is 0 Å². The highest BCUT2D eigenvalue weighted by molar-refractivity contribution is 5.54. The van der Waals surface area contributed by atoms with Crippen LogP contribution >= 0.6 is 0 Å². The number of aryl methyl sites for hydroxylation is 1. The first kappa shape index (κ1) is 17.6. The largest absolute Gasteiger partial charge is 0.355 e. The smallest absolute Gasteiger partial charge is 0.159 e. The highest BCUT2D eigenvalue weighted by atomic mass is 15.2. The quantitative estimate of drug-likeness (QED) is 0.713. The summed E-state index contributed by atoms with van der Waals surface area (Å²) in [7, 11) is 0. The van der Waals surface area contributed by atoms with Crippen LogP contribution in [0.3, 0.4) is 0 Å². The lowest BCUT2D eigenvalue weighted by Crippen LogP contribution is -2.30. The van der Waals surface area contributed by atoms with Gasteiger partial charge in [0.05, 0.1) is 0 Å². The third-order valence-corrected chi connectivity index (χ3v) is 4.98. The maximum Gasteiger partial charge on any atom is 0.159 e. The Balaban J connectivity index is 1.37. The van der Waals surface area contributed by atoms with Crippen molar-refractivity contribution in [1.82, 2.24) is 19.9 Å². The number of pyridine rings is 1. The van der Waals surface area contributed by atoms with Crippen molar-refractivity contribution in [2.45, 2.75) is 19.9 Å². The van der Waals surface area contributed by atoms with E-state index in [9.17, 15) is 0 Å². The topological polar surface area (TPSA) is 45.2 Å². The number of benzene rings is 1. The second kappa shape index (κ2) is 8.27. The minimum absolute atomic E-state index is 0.788. The van der Waals surface area contributed by atoms with Gasteiger partial charge < -0.3 is 4.90 Å². The summed E-state index contributed by atoms with van der Waals surface area (Å²) < 4.78 is 0. The lowest BCUT2D eigenvalue weighted by atomic mass is 10.1. The molecular weight excluding hydrogens is 334 g/mol. The van der Waals surface area contributed by atoms with Crippen LogP contribution in [0.5, 0.6) is 0 Å². The van der Waals surface area contributed by atoms with E-state index in [4.69, 9.17) is 0 Å². The molecule has 0 spiro atoms. The Kier molecular flexibility index (Phi) is 5.39. The fraction of sp³-hybridized carbons (Fsp3) is 0.318. The summed E-state index contributed by atoms with van der Waals surface area (Å²) in [5.74, 6) is 1.86. The van der Waals surface area contributed by atoms with Crippen molar-refractivity contribution in [3.8, 4) is 11.4 Å². The lowest BCUT2D eigenvalue weighted by molar-refractivity contribution is 0.285. The third-order valence-electron chi connectivity index (χ3n) is 4.98. The highest BCUT2D eigenvalue weighted by Crippen LogP contribution is 2.17. The molecule has 1 saturated heterocycles. The fourth-order valence-corrected chi connectivity index (χ4v) is 3.45. The van der Waals surface area contributed by atoms with E-state index < -0.39 is 0 Å². The van der Waals surface area contributed by atoms with Crippen LogP contribution in [0.2, 0.25) is 0 Å². The number of hydrogen-bond donors (Lipinski definition) is 0. The van der Waals surface area contributed by atoms with Crippen molar-refractivity contribution in [2.75, 3.05) is 31.1 Å². The predicted octanol–water partition coefficient (Wildman–Crippen LogP) is 3.56. The molecule has 0 N–H and O–H groups in total. The number of rotatable bonds is 4. The van der Waals surface area contributed by atoms with Crippen LogP contribution in [0.25, 0.3) is 11.4 Å². The van der Waals surface area contributed by atoms with Crippen LogP contribution < -0.4 is 4.90 Å². The fourth-order valence-electron chi connectivity index (χ4n) is 3.45. The molecule has 0 atom stereocenters. The summed E-state index contributed by atoms with van der Waals surface area (Å²) in [6, 6.07) is 14.4. The van der Waals surface area contributed by atoms with Crippen LogP contribution in [0.4, 0.5) is 5.82 Å². The molecule has 5 nitrogen and oxygen atoms in total. The molecule has 1 aliphatic heterocycles. The van der Waals surface area contributed by atoms with Gasteiger partial charge in [0.15, 0.2) is 5.82 Å². The van der Waals surface area contributed by atoms with Crippen LogP contribution in [0, 0.1) is 6.92 Å². The standard InChI is InChI=1S/C22H25N5/c1-18-6-8-20(9-7-18)22-24-15-19(16-25-22)17-26-11-4-12-27(14-13-26)21-5-2-3-10-23-21/h2-3,5-10,15-16H,4,11-14,17H2,1H3. The zero-order chi connectivity index (χ0) is 18.5. The molecule has 3 heterocycles. The van der Waals surface area contributed by atoms with Crippen molar-refractivity contribution < 1.29 is 0 Å². The van der Waals surface area contributed by atoms with Crippen molar-refractivity contribution in [3.05, 3.63) is 72.2 Å². The summed E-state index contributed by atoms with van der Waals surface area (Å²) in [6.07, 6.45) is 6.93. The minimum atomic E-state index is 0.788. The molecule has 0 unspecified atom stereocenters. The van der Waals surface area contributed by atoms with Gasteiger partial charge in [-0.3, -0.25) is 4.90 Å². The molecule has 0 radical (unpaired) electrons. The van der Waals surface area contributed by atoms with Gasteiger partial charge in [0.25, 0.3) is 0 Å². The van der Waals surface area contributed by atoms with Gasteiger partial charge in [-0.05, 0) is 25.5 Å². The van der Waals surface area contributed by atoms with E-state index in [0.717, 1.165) is 61.9 Å². The summed E-state index contributed by atoms with van der Waals surface area (Å²) in [5, 5.41) is 0. The predicted molar refractivity (Wildman–Crippen MR) is 109 cm³/mol. The molecule has 1 fully saturated rings. The van der Waals surface area contributed by atoms with Crippen LogP contribution in [-0.4, -0.2) is 46.0 Å². The Hall–Kier alpha value is -2.79. The summed E-state index contributed by atoms with van der Waals surface area (Å²) in [5.41, 5.74) is 3.47. The second-order valence-corrected chi connectivity index (χ2v) is 7.09. The molecular formula is C22H25N5. The lowest BCUT2D eigenvalue weighted by Gasteiger charge is -2.22. The average Bonchev–Trinajstić information content (AvgIpc) is 2.96. The number of nitrogens with zero attached hydrogens (tertiary/aromatic N) is 5. The Morgan fingerprint density at radius 2 is 1.67 bits per heavy atom. The van der Waals surface area contributed by atoms with Gasteiger partial charge in [0.2, 0.25) is 0 Å². The van der Waals surface area contributed by atoms with Crippen LogP contribution in [-0.2, 0) is 6.54 Å². The van der Waals surface area contributed by atoms with E-state index in [1.165, 1.54) is 5.56 Å². The Morgan fingerprint density at radius 1 is 0.852 bits per heavy atom. The zero-order valence-corrected chi connectivity index (χ0v) is 15.8. The maximum absolute atomic E-state index is 4.57. The number of hydrogen-bond acceptors (Lipinski definition) is 5. The van der Waals surface area contributed by atoms with E-state index in [2.05, 4.69) is 68.1 Å². The van der Waals surface area contributed by atoms with Crippen molar-refractivity contribution in [1.29, 1.82) is 0 Å². The molecule has 0 aliphatic carbocycles. The average molecular weight is 359 g/mol. The Bertz CT molecular complexity index is 846. The third kappa shape index (κ3) is 4.49. The molecule has 27 heavy (non-hydrogen) atoms. The van der Waals surface area contributed by atoms with Crippen LogP contribution in [0.15, 0.2) is 61.1 Å². The van der Waals surface area contributed by atoms with E-state index >= 15 is 0 Å². The van der Waals surface area contributed by atoms with E-state index in [1.807, 2.05) is 24.7 Å². The van der Waals surface area contributed by atoms with Crippen LogP contribution in [0.1, 0.15) is 17.5 Å². The Labute approximate surface area is 160 Å². The van der Waals surface area contributed by atoms with Gasteiger partial charge in [-0.15, -0.1) is 0 Å². The van der Waals surface area contributed by atoms with Crippen molar-refractivity contribution in [2.24, 2.45) is 0 Å². The Morgan fingerprint density at radius 3 is 2.41 bits per heavy atom. The summed E-state index contributed by atoms with van der Waals surface area (Å²) >= 11 is 0. The van der Waals surface area contributed by atoms with E-state index in [0.29, 0.717) is 0 Å². The first-order valence-electron chi connectivity index (χ1n) is 9.54. The molecule has 138 valence electrons. The van der Waals surface area contributed by atoms with Gasteiger partial charge in [-0.1, -0.05) is 35.9 Å². The molecule has 0 amide bonds. The normalized spacial score (nSPS) is 15.5. The molecule has 0 bridgehead atoms. The number of anilines is 1.